The van der Waals surface area contributed by atoms with Crippen LogP contribution in [0.4, 0.5) is 9.59 Å². The Morgan fingerprint density at radius 1 is 0.667 bits per heavy atom. The maximum Gasteiger partial charge on any atom is 0.323 e. The van der Waals surface area contributed by atoms with Gasteiger partial charge in [-0.1, -0.05) is 60.7 Å². The number of hydrogen-bond acceptors (Lipinski definition) is 2. The molecule has 0 saturated heterocycles. The van der Waals surface area contributed by atoms with E-state index in [0.717, 1.165) is 11.1 Å². The number of rotatable bonds is 4. The summed E-state index contributed by atoms with van der Waals surface area (Å²) >= 11 is 0. The third kappa shape index (κ3) is 5.36. The molecule has 0 heterocycles. The molecule has 0 fully saturated rings. The van der Waals surface area contributed by atoms with Gasteiger partial charge in [0, 0.05) is 13.1 Å². The second-order valence-electron chi connectivity index (χ2n) is 4.46. The molecule has 0 radical (unpaired) electrons. The molecule has 0 spiro atoms. The molecular formula is C16H17N3O2. The lowest BCUT2D eigenvalue weighted by Gasteiger charge is -2.08. The first-order chi connectivity index (χ1) is 10.2. The largest absolute Gasteiger partial charge is 0.334 e. The van der Waals surface area contributed by atoms with Crippen LogP contribution in [0.5, 0.6) is 0 Å². The summed E-state index contributed by atoms with van der Waals surface area (Å²) in [6.45, 7) is 0.747. The van der Waals surface area contributed by atoms with Gasteiger partial charge in [0.1, 0.15) is 0 Å². The Hall–Kier alpha value is -2.82. The molecule has 2 aromatic carbocycles. The van der Waals surface area contributed by atoms with E-state index < -0.39 is 12.1 Å². The number of nitrogens with one attached hydrogen (secondary N) is 3. The molecule has 2 rings (SSSR count). The molecule has 5 heteroatoms. The lowest BCUT2D eigenvalue weighted by atomic mass is 10.2. The molecule has 21 heavy (non-hydrogen) atoms. The lowest BCUT2D eigenvalue weighted by molar-refractivity contribution is 0.227. The third-order valence-corrected chi connectivity index (χ3v) is 2.82. The predicted octanol–water partition coefficient (Wildman–Crippen LogP) is 2.40. The molecule has 0 unspecified atom stereocenters. The van der Waals surface area contributed by atoms with Crippen LogP contribution in [0.1, 0.15) is 11.1 Å². The fraction of sp³-hybridized carbons (Fsp3) is 0.125. The maximum atomic E-state index is 11.6. The van der Waals surface area contributed by atoms with E-state index in [1.165, 1.54) is 0 Å². The van der Waals surface area contributed by atoms with Gasteiger partial charge in [-0.15, -0.1) is 0 Å². The van der Waals surface area contributed by atoms with Crippen molar-refractivity contribution in [3.05, 3.63) is 71.8 Å². The zero-order chi connectivity index (χ0) is 14.9. The summed E-state index contributed by atoms with van der Waals surface area (Å²) in [6.07, 6.45) is 0. The highest BCUT2D eigenvalue weighted by Crippen LogP contribution is 1.97. The summed E-state index contributed by atoms with van der Waals surface area (Å²) in [7, 11) is 0. The summed E-state index contributed by atoms with van der Waals surface area (Å²) in [6, 6.07) is 17.9. The zero-order valence-corrected chi connectivity index (χ0v) is 11.5. The first-order valence-electron chi connectivity index (χ1n) is 6.64. The Balaban J connectivity index is 1.69. The standard InChI is InChI=1S/C16H17N3O2/c20-15(17-11-13-7-3-1-4-8-13)19-16(21)18-12-14-9-5-2-6-10-14/h1-10H,11-12H2,(H3,17,18,19,20,21). The Labute approximate surface area is 123 Å². The molecule has 3 N–H and O–H groups in total. The van der Waals surface area contributed by atoms with Crippen LogP contribution in [-0.4, -0.2) is 12.1 Å². The van der Waals surface area contributed by atoms with Crippen LogP contribution in [-0.2, 0) is 13.1 Å². The predicted molar refractivity (Wildman–Crippen MR) is 80.5 cm³/mol. The Morgan fingerprint density at radius 3 is 1.43 bits per heavy atom. The average molecular weight is 283 g/mol. The van der Waals surface area contributed by atoms with Crippen LogP contribution in [0.25, 0.3) is 0 Å². The van der Waals surface area contributed by atoms with Crippen molar-refractivity contribution in [2.75, 3.05) is 0 Å². The van der Waals surface area contributed by atoms with E-state index in [0.29, 0.717) is 13.1 Å². The molecule has 0 aromatic heterocycles. The van der Waals surface area contributed by atoms with Crippen LogP contribution in [0.3, 0.4) is 0 Å². The van der Waals surface area contributed by atoms with Gasteiger partial charge in [-0.25, -0.2) is 9.59 Å². The lowest BCUT2D eigenvalue weighted by Crippen LogP contribution is -2.44. The molecule has 5 nitrogen and oxygen atoms in total. The van der Waals surface area contributed by atoms with E-state index in [4.69, 9.17) is 0 Å². The number of carbonyl (C=O) groups is 2. The van der Waals surface area contributed by atoms with Gasteiger partial charge in [-0.3, -0.25) is 5.32 Å². The van der Waals surface area contributed by atoms with Gasteiger partial charge in [0.15, 0.2) is 0 Å². The van der Waals surface area contributed by atoms with Crippen molar-refractivity contribution >= 4 is 12.1 Å². The van der Waals surface area contributed by atoms with E-state index in [-0.39, 0.29) is 0 Å². The molecule has 108 valence electrons. The van der Waals surface area contributed by atoms with Crippen LogP contribution in [0, 0.1) is 0 Å². The van der Waals surface area contributed by atoms with Crippen LogP contribution >= 0.6 is 0 Å². The third-order valence-electron chi connectivity index (χ3n) is 2.82. The van der Waals surface area contributed by atoms with E-state index in [9.17, 15) is 9.59 Å². The van der Waals surface area contributed by atoms with Crippen molar-refractivity contribution in [3.8, 4) is 0 Å². The minimum atomic E-state index is -0.524. The van der Waals surface area contributed by atoms with Gasteiger partial charge in [-0.05, 0) is 11.1 Å². The number of imide groups is 1. The quantitative estimate of drug-likeness (QED) is 0.806. The molecule has 4 amide bonds. The number of carbonyl (C=O) groups excluding carboxylic acids is 2. The topological polar surface area (TPSA) is 70.2 Å². The molecule has 2 aromatic rings. The van der Waals surface area contributed by atoms with Crippen LogP contribution < -0.4 is 16.0 Å². The van der Waals surface area contributed by atoms with Gasteiger partial charge >= 0.3 is 12.1 Å². The van der Waals surface area contributed by atoms with E-state index in [1.54, 1.807) is 0 Å². The van der Waals surface area contributed by atoms with Crippen molar-refractivity contribution in [1.82, 2.24) is 16.0 Å². The minimum absolute atomic E-state index is 0.374. The first-order valence-corrected chi connectivity index (χ1v) is 6.64. The SMILES string of the molecule is O=C(NCc1ccccc1)NC(=O)NCc1ccccc1. The minimum Gasteiger partial charge on any atom is -0.334 e. The second-order valence-corrected chi connectivity index (χ2v) is 4.46. The van der Waals surface area contributed by atoms with E-state index in [1.807, 2.05) is 60.7 Å². The Morgan fingerprint density at radius 2 is 1.05 bits per heavy atom. The summed E-state index contributed by atoms with van der Waals surface area (Å²) in [4.78, 5) is 23.1. The summed E-state index contributed by atoms with van der Waals surface area (Å²) in [5.74, 6) is 0. The molecule has 0 aliphatic heterocycles. The summed E-state index contributed by atoms with van der Waals surface area (Å²) in [5.41, 5.74) is 1.94. The van der Waals surface area contributed by atoms with Gasteiger partial charge in [0.05, 0.1) is 0 Å². The normalized spacial score (nSPS) is 9.71. The fourth-order valence-electron chi connectivity index (χ4n) is 1.75. The second kappa shape index (κ2) is 7.69. The van der Waals surface area contributed by atoms with Crippen molar-refractivity contribution in [3.63, 3.8) is 0 Å². The van der Waals surface area contributed by atoms with E-state index in [2.05, 4.69) is 16.0 Å². The highest BCUT2D eigenvalue weighted by Gasteiger charge is 2.06. The van der Waals surface area contributed by atoms with Crippen LogP contribution in [0.2, 0.25) is 0 Å². The maximum absolute atomic E-state index is 11.6. The number of urea groups is 2. The molecular weight excluding hydrogens is 266 g/mol. The molecule has 0 aliphatic rings. The van der Waals surface area contributed by atoms with Crippen molar-refractivity contribution in [2.24, 2.45) is 0 Å². The smallest absolute Gasteiger partial charge is 0.323 e. The van der Waals surface area contributed by atoms with E-state index >= 15 is 0 Å². The van der Waals surface area contributed by atoms with Gasteiger partial charge in [-0.2, -0.15) is 0 Å². The van der Waals surface area contributed by atoms with Gasteiger partial charge in [0.2, 0.25) is 0 Å². The zero-order valence-electron chi connectivity index (χ0n) is 11.5. The fourth-order valence-corrected chi connectivity index (χ4v) is 1.75. The van der Waals surface area contributed by atoms with Crippen molar-refractivity contribution in [2.45, 2.75) is 13.1 Å². The van der Waals surface area contributed by atoms with Crippen molar-refractivity contribution < 1.29 is 9.59 Å². The molecule has 0 saturated carbocycles. The highest BCUT2D eigenvalue weighted by atomic mass is 16.2. The van der Waals surface area contributed by atoms with Crippen molar-refractivity contribution in [1.29, 1.82) is 0 Å². The molecule has 0 atom stereocenters. The highest BCUT2D eigenvalue weighted by molar-refractivity contribution is 5.93. The molecule has 0 aliphatic carbocycles. The van der Waals surface area contributed by atoms with Gasteiger partial charge in [0.25, 0.3) is 0 Å². The number of benzene rings is 2. The average Bonchev–Trinajstić information content (AvgIpc) is 2.53. The number of amides is 4. The Kier molecular flexibility index (Phi) is 5.34. The van der Waals surface area contributed by atoms with Crippen LogP contribution in [0.15, 0.2) is 60.7 Å². The summed E-state index contributed by atoms with van der Waals surface area (Å²) in [5, 5.41) is 7.45. The first kappa shape index (κ1) is 14.6. The summed E-state index contributed by atoms with van der Waals surface area (Å²) < 4.78 is 0. The molecule has 0 bridgehead atoms. The Bertz CT molecular complexity index is 531. The van der Waals surface area contributed by atoms with Gasteiger partial charge < -0.3 is 10.6 Å². The number of hydrogen-bond donors (Lipinski definition) is 3. The monoisotopic (exact) mass is 283 g/mol.